The van der Waals surface area contributed by atoms with Crippen molar-refractivity contribution in [1.82, 2.24) is 5.32 Å². The average molecular weight is 290 g/mol. The Hall–Kier alpha value is -1.51. The number of benzene rings is 2. The van der Waals surface area contributed by atoms with Gasteiger partial charge in [-0.1, -0.05) is 48.9 Å². The smallest absolute Gasteiger partial charge is 0.137 e. The summed E-state index contributed by atoms with van der Waals surface area (Å²) >= 11 is 6.08. The minimum absolute atomic E-state index is 0.132. The van der Waals surface area contributed by atoms with Gasteiger partial charge in [-0.05, 0) is 42.3 Å². The molecule has 2 aromatic rings. The van der Waals surface area contributed by atoms with Crippen molar-refractivity contribution in [3.63, 3.8) is 0 Å². The van der Waals surface area contributed by atoms with Crippen LogP contribution in [-0.4, -0.2) is 14.2 Å². The Morgan fingerprint density at radius 2 is 1.75 bits per heavy atom. The number of aryl methyl sites for hydroxylation is 1. The fourth-order valence-electron chi connectivity index (χ4n) is 2.33. The predicted molar refractivity (Wildman–Crippen MR) is 84.7 cm³/mol. The summed E-state index contributed by atoms with van der Waals surface area (Å²) in [4.78, 5) is 0. The molecule has 20 heavy (non-hydrogen) atoms. The molecular weight excluding hydrogens is 270 g/mol. The minimum atomic E-state index is 0.132. The Morgan fingerprint density at radius 1 is 1.10 bits per heavy atom. The molecule has 1 N–H and O–H groups in total. The highest BCUT2D eigenvalue weighted by Gasteiger charge is 2.13. The van der Waals surface area contributed by atoms with Crippen LogP contribution in [0.25, 0.3) is 0 Å². The molecule has 0 heterocycles. The molecule has 0 saturated carbocycles. The number of hydrogen-bond donors (Lipinski definition) is 1. The van der Waals surface area contributed by atoms with E-state index < -0.39 is 0 Å². The van der Waals surface area contributed by atoms with Gasteiger partial charge in [0.2, 0.25) is 0 Å². The first-order chi connectivity index (χ1) is 9.69. The van der Waals surface area contributed by atoms with Crippen molar-refractivity contribution in [2.24, 2.45) is 0 Å². The lowest BCUT2D eigenvalue weighted by molar-refractivity contribution is 0.414. The predicted octanol–water partition coefficient (Wildman–Crippen LogP) is 4.22. The summed E-state index contributed by atoms with van der Waals surface area (Å²) in [5.41, 5.74) is 3.71. The Morgan fingerprint density at radius 3 is 2.30 bits per heavy atom. The maximum atomic E-state index is 6.08. The molecule has 0 radical (unpaired) electrons. The van der Waals surface area contributed by atoms with Crippen molar-refractivity contribution in [2.75, 3.05) is 14.2 Å². The molecule has 2 aromatic carbocycles. The number of nitrogens with one attached hydrogen (secondary N) is 1. The van der Waals surface area contributed by atoms with Gasteiger partial charge in [0, 0.05) is 0 Å². The van der Waals surface area contributed by atoms with E-state index in [0.717, 1.165) is 12.0 Å². The molecule has 0 aliphatic rings. The van der Waals surface area contributed by atoms with E-state index in [1.807, 2.05) is 25.2 Å². The van der Waals surface area contributed by atoms with Crippen LogP contribution in [0, 0.1) is 0 Å². The highest BCUT2D eigenvalue weighted by atomic mass is 35.5. The molecule has 106 valence electrons. The Bertz CT molecular complexity index is 566. The maximum absolute atomic E-state index is 6.08. The number of hydrogen-bond acceptors (Lipinski definition) is 2. The fourth-order valence-corrected chi connectivity index (χ4v) is 2.52. The fraction of sp³-hybridized carbons (Fsp3) is 0.294. The number of methoxy groups -OCH3 is 1. The Labute approximate surface area is 125 Å². The Kier molecular flexibility index (Phi) is 5.05. The van der Waals surface area contributed by atoms with Gasteiger partial charge in [-0.2, -0.15) is 0 Å². The van der Waals surface area contributed by atoms with Gasteiger partial charge in [0.05, 0.1) is 18.2 Å². The summed E-state index contributed by atoms with van der Waals surface area (Å²) < 4.78 is 5.29. The molecule has 0 spiro atoms. The highest BCUT2D eigenvalue weighted by molar-refractivity contribution is 6.32. The zero-order chi connectivity index (χ0) is 14.5. The van der Waals surface area contributed by atoms with Crippen molar-refractivity contribution in [3.8, 4) is 5.75 Å². The number of halogens is 1. The topological polar surface area (TPSA) is 21.3 Å². The molecule has 1 atom stereocenters. The van der Waals surface area contributed by atoms with Crippen LogP contribution in [0.4, 0.5) is 0 Å². The zero-order valence-corrected chi connectivity index (χ0v) is 12.9. The van der Waals surface area contributed by atoms with Gasteiger partial charge in [0.15, 0.2) is 0 Å². The SMILES string of the molecule is CCc1ccc(C(NC)c2ccc(Cl)c(OC)c2)cc1. The first kappa shape index (κ1) is 14.9. The van der Waals surface area contributed by atoms with Crippen LogP contribution >= 0.6 is 11.6 Å². The van der Waals surface area contributed by atoms with Gasteiger partial charge >= 0.3 is 0 Å². The van der Waals surface area contributed by atoms with Gasteiger partial charge < -0.3 is 10.1 Å². The van der Waals surface area contributed by atoms with Crippen LogP contribution in [0.3, 0.4) is 0 Å². The van der Waals surface area contributed by atoms with E-state index >= 15 is 0 Å². The largest absolute Gasteiger partial charge is 0.495 e. The van der Waals surface area contributed by atoms with E-state index in [4.69, 9.17) is 16.3 Å². The second-order valence-electron chi connectivity index (χ2n) is 4.71. The second kappa shape index (κ2) is 6.78. The van der Waals surface area contributed by atoms with Crippen molar-refractivity contribution in [1.29, 1.82) is 0 Å². The van der Waals surface area contributed by atoms with Crippen LogP contribution in [0.1, 0.15) is 29.7 Å². The average Bonchev–Trinajstić information content (AvgIpc) is 2.50. The van der Waals surface area contributed by atoms with Gasteiger partial charge in [0.1, 0.15) is 5.75 Å². The highest BCUT2D eigenvalue weighted by Crippen LogP contribution is 2.30. The monoisotopic (exact) mass is 289 g/mol. The van der Waals surface area contributed by atoms with Crippen LogP contribution in [-0.2, 0) is 6.42 Å². The second-order valence-corrected chi connectivity index (χ2v) is 5.12. The summed E-state index contributed by atoms with van der Waals surface area (Å²) in [7, 11) is 3.59. The van der Waals surface area contributed by atoms with Crippen molar-refractivity contribution >= 4 is 11.6 Å². The molecule has 0 aliphatic heterocycles. The van der Waals surface area contributed by atoms with E-state index in [-0.39, 0.29) is 6.04 Å². The van der Waals surface area contributed by atoms with E-state index in [2.05, 4.69) is 36.5 Å². The third-order valence-corrected chi connectivity index (χ3v) is 3.83. The van der Waals surface area contributed by atoms with Crippen molar-refractivity contribution < 1.29 is 4.74 Å². The van der Waals surface area contributed by atoms with Gasteiger partial charge in [0.25, 0.3) is 0 Å². The molecule has 0 aromatic heterocycles. The molecule has 0 bridgehead atoms. The first-order valence-electron chi connectivity index (χ1n) is 6.79. The molecule has 0 saturated heterocycles. The third-order valence-electron chi connectivity index (χ3n) is 3.52. The quantitative estimate of drug-likeness (QED) is 0.890. The summed E-state index contributed by atoms with van der Waals surface area (Å²) in [6, 6.07) is 14.7. The van der Waals surface area contributed by atoms with E-state index in [1.54, 1.807) is 7.11 Å². The summed E-state index contributed by atoms with van der Waals surface area (Å²) in [5, 5.41) is 3.98. The maximum Gasteiger partial charge on any atom is 0.137 e. The minimum Gasteiger partial charge on any atom is -0.495 e. The van der Waals surface area contributed by atoms with Gasteiger partial charge in [-0.25, -0.2) is 0 Å². The first-order valence-corrected chi connectivity index (χ1v) is 7.17. The van der Waals surface area contributed by atoms with Crippen LogP contribution < -0.4 is 10.1 Å². The third kappa shape index (κ3) is 3.14. The molecule has 2 rings (SSSR count). The molecule has 0 aliphatic carbocycles. The van der Waals surface area contributed by atoms with E-state index in [1.165, 1.54) is 11.1 Å². The molecule has 1 unspecified atom stereocenters. The number of ether oxygens (including phenoxy) is 1. The normalized spacial score (nSPS) is 12.2. The van der Waals surface area contributed by atoms with Crippen molar-refractivity contribution in [3.05, 3.63) is 64.2 Å². The van der Waals surface area contributed by atoms with Gasteiger partial charge in [-0.15, -0.1) is 0 Å². The lowest BCUT2D eigenvalue weighted by atomic mass is 9.97. The summed E-state index contributed by atoms with van der Waals surface area (Å²) in [6.07, 6.45) is 1.05. The molecule has 0 fully saturated rings. The van der Waals surface area contributed by atoms with Crippen LogP contribution in [0.5, 0.6) is 5.75 Å². The van der Waals surface area contributed by atoms with E-state index in [0.29, 0.717) is 10.8 Å². The lowest BCUT2D eigenvalue weighted by Crippen LogP contribution is -2.17. The molecular formula is C17H20ClNO. The van der Waals surface area contributed by atoms with Crippen molar-refractivity contribution in [2.45, 2.75) is 19.4 Å². The van der Waals surface area contributed by atoms with Gasteiger partial charge in [-0.3, -0.25) is 0 Å². The standard InChI is InChI=1S/C17H20ClNO/c1-4-12-5-7-13(8-6-12)17(19-2)14-9-10-15(18)16(11-14)20-3/h5-11,17,19H,4H2,1-3H3. The number of rotatable bonds is 5. The molecule has 3 heteroatoms. The van der Waals surface area contributed by atoms with Crippen LogP contribution in [0.2, 0.25) is 5.02 Å². The van der Waals surface area contributed by atoms with E-state index in [9.17, 15) is 0 Å². The summed E-state index contributed by atoms with van der Waals surface area (Å²) in [6.45, 7) is 2.16. The molecule has 2 nitrogen and oxygen atoms in total. The summed E-state index contributed by atoms with van der Waals surface area (Å²) in [5.74, 6) is 0.703. The lowest BCUT2D eigenvalue weighted by Gasteiger charge is -2.18. The van der Waals surface area contributed by atoms with Crippen LogP contribution in [0.15, 0.2) is 42.5 Å². The molecule has 0 amide bonds. The zero-order valence-electron chi connectivity index (χ0n) is 12.1. The Balaban J connectivity index is 2.35.